The molecule has 2 aromatic rings. The average Bonchev–Trinajstić information content (AvgIpc) is 3.09. The van der Waals surface area contributed by atoms with E-state index in [1.807, 2.05) is 18.4 Å². The van der Waals surface area contributed by atoms with Crippen LogP contribution in [0.15, 0.2) is 34.5 Å². The van der Waals surface area contributed by atoms with Crippen molar-refractivity contribution in [3.8, 4) is 0 Å². The molecule has 26 heavy (non-hydrogen) atoms. The topological polar surface area (TPSA) is 79.4 Å². The molecule has 1 fully saturated rings. The Kier molecular flexibility index (Phi) is 5.74. The van der Waals surface area contributed by atoms with Gasteiger partial charge in [0.1, 0.15) is 0 Å². The van der Waals surface area contributed by atoms with Gasteiger partial charge >= 0.3 is 0 Å². The molecule has 0 saturated carbocycles. The van der Waals surface area contributed by atoms with Gasteiger partial charge in [0.05, 0.1) is 22.1 Å². The molecule has 1 aliphatic heterocycles. The number of aromatic nitrogens is 1. The number of thiazole rings is 1. The van der Waals surface area contributed by atoms with Crippen LogP contribution in [0.2, 0.25) is 0 Å². The molecule has 0 aliphatic carbocycles. The molecule has 1 atom stereocenters. The maximum absolute atomic E-state index is 13.0. The predicted octanol–water partition coefficient (Wildman–Crippen LogP) is 2.66. The van der Waals surface area contributed by atoms with E-state index in [1.165, 1.54) is 18.3 Å². The number of rotatable bonds is 5. The van der Waals surface area contributed by atoms with Crippen LogP contribution in [-0.2, 0) is 21.4 Å². The number of nitrogens with one attached hydrogen (secondary N) is 1. The summed E-state index contributed by atoms with van der Waals surface area (Å²) in [5.74, 6) is 0.00653. The second kappa shape index (κ2) is 7.85. The highest BCUT2D eigenvalue weighted by Crippen LogP contribution is 2.32. The van der Waals surface area contributed by atoms with E-state index in [1.54, 1.807) is 22.5 Å². The largest absolute Gasteiger partial charge is 0.351 e. The summed E-state index contributed by atoms with van der Waals surface area (Å²) in [4.78, 5) is 16.0. The van der Waals surface area contributed by atoms with E-state index in [2.05, 4.69) is 10.3 Å². The van der Waals surface area contributed by atoms with E-state index in [0.717, 1.165) is 29.1 Å². The molecule has 1 aliphatic rings. The van der Waals surface area contributed by atoms with Crippen LogP contribution in [0.1, 0.15) is 41.9 Å². The molecule has 6 nitrogen and oxygen atoms in total. The van der Waals surface area contributed by atoms with Crippen molar-refractivity contribution < 1.29 is 13.2 Å². The number of aryl methyl sites for hydroxylation is 1. The molecule has 1 aromatic heterocycles. The highest BCUT2D eigenvalue weighted by molar-refractivity contribution is 7.89. The van der Waals surface area contributed by atoms with Crippen molar-refractivity contribution in [1.29, 1.82) is 0 Å². The number of carbonyl (C=O) groups is 1. The highest BCUT2D eigenvalue weighted by Gasteiger charge is 2.32. The lowest BCUT2D eigenvalue weighted by Crippen LogP contribution is -2.39. The van der Waals surface area contributed by atoms with Gasteiger partial charge in [-0.05, 0) is 37.5 Å². The first-order valence-electron chi connectivity index (χ1n) is 8.62. The van der Waals surface area contributed by atoms with Gasteiger partial charge < -0.3 is 5.32 Å². The lowest BCUT2D eigenvalue weighted by molar-refractivity contribution is -0.119. The van der Waals surface area contributed by atoms with Crippen LogP contribution >= 0.6 is 11.3 Å². The van der Waals surface area contributed by atoms with Crippen LogP contribution in [0.25, 0.3) is 0 Å². The van der Waals surface area contributed by atoms with Gasteiger partial charge in [0.2, 0.25) is 15.9 Å². The summed E-state index contributed by atoms with van der Waals surface area (Å²) in [5, 5.41) is 5.61. The second-order valence-corrected chi connectivity index (χ2v) is 9.43. The van der Waals surface area contributed by atoms with Crippen LogP contribution < -0.4 is 5.32 Å². The van der Waals surface area contributed by atoms with Crippen molar-refractivity contribution in [3.63, 3.8) is 0 Å². The Morgan fingerprint density at radius 2 is 2.23 bits per heavy atom. The molecule has 8 heteroatoms. The first kappa shape index (κ1) is 19.0. The van der Waals surface area contributed by atoms with Gasteiger partial charge in [-0.1, -0.05) is 12.1 Å². The summed E-state index contributed by atoms with van der Waals surface area (Å²) >= 11 is 1.53. The Morgan fingerprint density at radius 1 is 1.42 bits per heavy atom. The van der Waals surface area contributed by atoms with Gasteiger partial charge in [0.25, 0.3) is 0 Å². The third-order valence-corrected chi connectivity index (χ3v) is 7.37. The third-order valence-electron chi connectivity index (χ3n) is 4.45. The third kappa shape index (κ3) is 4.31. The molecule has 0 radical (unpaired) electrons. The smallest absolute Gasteiger partial charge is 0.243 e. The van der Waals surface area contributed by atoms with Crippen molar-refractivity contribution >= 4 is 27.3 Å². The predicted molar refractivity (Wildman–Crippen MR) is 102 cm³/mol. The quantitative estimate of drug-likeness (QED) is 0.847. The minimum absolute atomic E-state index is 0.0901. The first-order valence-corrected chi connectivity index (χ1v) is 10.9. The second-order valence-electron chi connectivity index (χ2n) is 6.61. The van der Waals surface area contributed by atoms with E-state index in [-0.39, 0.29) is 11.8 Å². The number of nitrogens with zero attached hydrogens (tertiary/aromatic N) is 2. The number of hydrogen-bond donors (Lipinski definition) is 1. The Bertz CT molecular complexity index is 893. The van der Waals surface area contributed by atoms with Gasteiger partial charge in [-0.15, -0.1) is 11.3 Å². The molecule has 1 N–H and O–H groups in total. The fourth-order valence-corrected chi connectivity index (χ4v) is 5.67. The fraction of sp³-hybridized carbons (Fsp3) is 0.444. The van der Waals surface area contributed by atoms with Crippen LogP contribution in [0.3, 0.4) is 0 Å². The monoisotopic (exact) mass is 393 g/mol. The molecule has 3 rings (SSSR count). The van der Waals surface area contributed by atoms with Crippen LogP contribution in [0, 0.1) is 6.92 Å². The van der Waals surface area contributed by atoms with Gasteiger partial charge in [-0.2, -0.15) is 4.31 Å². The van der Waals surface area contributed by atoms with Crippen molar-refractivity contribution in [1.82, 2.24) is 14.6 Å². The van der Waals surface area contributed by atoms with Crippen LogP contribution in [-0.4, -0.2) is 36.7 Å². The zero-order valence-electron chi connectivity index (χ0n) is 14.9. The molecule has 140 valence electrons. The van der Waals surface area contributed by atoms with Gasteiger partial charge in [-0.3, -0.25) is 4.79 Å². The van der Waals surface area contributed by atoms with E-state index >= 15 is 0 Å². The molecule has 2 heterocycles. The highest BCUT2D eigenvalue weighted by atomic mass is 32.2. The van der Waals surface area contributed by atoms with Crippen LogP contribution in [0.4, 0.5) is 0 Å². The zero-order chi connectivity index (χ0) is 18.7. The normalized spacial score (nSPS) is 18.6. The van der Waals surface area contributed by atoms with E-state index < -0.39 is 10.0 Å². The number of amides is 1. The zero-order valence-corrected chi connectivity index (χ0v) is 16.6. The molecule has 1 unspecified atom stereocenters. The molecule has 1 saturated heterocycles. The molecular weight excluding hydrogens is 370 g/mol. The molecule has 1 amide bonds. The Balaban J connectivity index is 1.74. The Hall–Kier alpha value is -1.77. The summed E-state index contributed by atoms with van der Waals surface area (Å²) in [5.41, 5.74) is 1.75. The van der Waals surface area contributed by atoms with Crippen LogP contribution in [0.5, 0.6) is 0 Å². The van der Waals surface area contributed by atoms with E-state index in [9.17, 15) is 13.2 Å². The molecule has 0 bridgehead atoms. The maximum Gasteiger partial charge on any atom is 0.243 e. The summed E-state index contributed by atoms with van der Waals surface area (Å²) in [6.07, 6.45) is 1.74. The first-order chi connectivity index (χ1) is 12.4. The Labute approximate surface area is 158 Å². The molecule has 1 aromatic carbocycles. The number of benzene rings is 1. The van der Waals surface area contributed by atoms with Crippen molar-refractivity contribution in [3.05, 3.63) is 45.9 Å². The maximum atomic E-state index is 13.0. The summed E-state index contributed by atoms with van der Waals surface area (Å²) in [7, 11) is -3.49. The summed E-state index contributed by atoms with van der Waals surface area (Å²) in [6, 6.07) is 7.04. The fourth-order valence-electron chi connectivity index (χ4n) is 3.09. The van der Waals surface area contributed by atoms with Crippen molar-refractivity contribution in [2.75, 3.05) is 13.1 Å². The lowest BCUT2D eigenvalue weighted by atomic mass is 10.0. The van der Waals surface area contributed by atoms with Crippen molar-refractivity contribution in [2.45, 2.75) is 44.0 Å². The minimum atomic E-state index is -3.49. The van der Waals surface area contributed by atoms with E-state index in [0.29, 0.717) is 24.5 Å². The lowest BCUT2D eigenvalue weighted by Gasteiger charge is -2.31. The SMILES string of the molecule is CC(=O)NCc1csc(C2CCCN(S(=O)(=O)c3cccc(C)c3)C2)n1. The molecular formula is C18H23N3O3S2. The van der Waals surface area contributed by atoms with Crippen molar-refractivity contribution in [2.24, 2.45) is 0 Å². The van der Waals surface area contributed by atoms with E-state index in [4.69, 9.17) is 0 Å². The standard InChI is InChI=1S/C18H23N3O3S2/c1-13-5-3-7-17(9-13)26(23,24)21-8-4-6-15(11-21)18-20-16(12-25-18)10-19-14(2)22/h3,5,7,9,12,15H,4,6,8,10-11H2,1-2H3,(H,19,22). The Morgan fingerprint density at radius 3 is 2.96 bits per heavy atom. The summed E-state index contributed by atoms with van der Waals surface area (Å²) < 4.78 is 27.5. The number of hydrogen-bond acceptors (Lipinski definition) is 5. The minimum Gasteiger partial charge on any atom is -0.351 e. The van der Waals surface area contributed by atoms with Gasteiger partial charge in [-0.25, -0.2) is 13.4 Å². The summed E-state index contributed by atoms with van der Waals surface area (Å²) in [6.45, 7) is 4.76. The number of carbonyl (C=O) groups excluding carboxylic acids is 1. The average molecular weight is 394 g/mol. The number of sulfonamides is 1. The van der Waals surface area contributed by atoms with Gasteiger partial charge in [0.15, 0.2) is 0 Å². The van der Waals surface area contributed by atoms with Gasteiger partial charge in [0, 0.05) is 31.3 Å². The number of piperidine rings is 1. The molecule has 0 spiro atoms.